The molecule has 0 radical (unpaired) electrons. The standard InChI is InChI=1S/C24H25F2N5O2/c1-23(2,3)33-22(32)31-24(4,11-14-12-28-18-9-15(25)5-6-17(14)18)21-29-13-20(30-21)19-10-16(26)7-8-27-19/h5-10,12-13,28H,11H2,1-4H3,(H,29,30)(H,31,32). The second-order valence-electron chi connectivity index (χ2n) is 9.13. The van der Waals surface area contributed by atoms with E-state index in [4.69, 9.17) is 4.74 Å². The van der Waals surface area contributed by atoms with Crippen molar-refractivity contribution < 1.29 is 18.3 Å². The third kappa shape index (κ3) is 5.02. The van der Waals surface area contributed by atoms with Gasteiger partial charge in [-0.15, -0.1) is 0 Å². The molecule has 0 aliphatic heterocycles. The lowest BCUT2D eigenvalue weighted by atomic mass is 9.91. The lowest BCUT2D eigenvalue weighted by Crippen LogP contribution is -2.48. The molecular weight excluding hydrogens is 428 g/mol. The van der Waals surface area contributed by atoms with Crippen molar-refractivity contribution >= 4 is 17.0 Å². The maximum atomic E-state index is 13.7. The molecule has 172 valence electrons. The Hall–Kier alpha value is -3.75. The number of carbonyl (C=O) groups excluding carboxylic acids is 1. The highest BCUT2D eigenvalue weighted by Crippen LogP contribution is 2.30. The van der Waals surface area contributed by atoms with Gasteiger partial charge in [0.2, 0.25) is 0 Å². The molecule has 0 bridgehead atoms. The molecule has 0 fully saturated rings. The van der Waals surface area contributed by atoms with E-state index in [1.807, 2.05) is 0 Å². The molecule has 4 rings (SSSR count). The Bertz CT molecular complexity index is 1310. The SMILES string of the molecule is CC(C)(C)OC(=O)NC(C)(Cc1c[nH]c2cc(F)ccc12)c1nc(-c2cc(F)ccn2)c[nH]1. The number of hydrogen-bond acceptors (Lipinski definition) is 4. The Morgan fingerprint density at radius 1 is 1.03 bits per heavy atom. The highest BCUT2D eigenvalue weighted by molar-refractivity contribution is 5.83. The smallest absolute Gasteiger partial charge is 0.408 e. The number of carbonyl (C=O) groups is 1. The molecule has 9 heteroatoms. The number of alkyl carbamates (subject to hydrolysis) is 1. The Morgan fingerprint density at radius 2 is 1.79 bits per heavy atom. The van der Waals surface area contributed by atoms with Crippen molar-refractivity contribution in [2.45, 2.75) is 45.3 Å². The molecule has 3 aromatic heterocycles. The number of aromatic amines is 2. The van der Waals surface area contributed by atoms with Crippen LogP contribution in [0.25, 0.3) is 22.3 Å². The summed E-state index contributed by atoms with van der Waals surface area (Å²) in [4.78, 5) is 27.6. The maximum Gasteiger partial charge on any atom is 0.408 e. The molecule has 33 heavy (non-hydrogen) atoms. The lowest BCUT2D eigenvalue weighted by molar-refractivity contribution is 0.0456. The van der Waals surface area contributed by atoms with E-state index >= 15 is 0 Å². The zero-order valence-corrected chi connectivity index (χ0v) is 18.8. The van der Waals surface area contributed by atoms with E-state index in [9.17, 15) is 13.6 Å². The van der Waals surface area contributed by atoms with Crippen LogP contribution in [0, 0.1) is 11.6 Å². The number of hydrogen-bond donors (Lipinski definition) is 3. The predicted octanol–water partition coefficient (Wildman–Crippen LogP) is 5.21. The largest absolute Gasteiger partial charge is 0.444 e. The van der Waals surface area contributed by atoms with Crippen LogP contribution in [0.3, 0.4) is 0 Å². The molecule has 0 aliphatic rings. The van der Waals surface area contributed by atoms with Gasteiger partial charge in [-0.25, -0.2) is 18.6 Å². The number of halogens is 2. The monoisotopic (exact) mass is 453 g/mol. The van der Waals surface area contributed by atoms with Crippen molar-refractivity contribution in [2.24, 2.45) is 0 Å². The van der Waals surface area contributed by atoms with Crippen molar-refractivity contribution in [1.82, 2.24) is 25.3 Å². The van der Waals surface area contributed by atoms with Crippen LogP contribution in [0.1, 0.15) is 39.1 Å². The van der Waals surface area contributed by atoms with Crippen LogP contribution in [0.2, 0.25) is 0 Å². The summed E-state index contributed by atoms with van der Waals surface area (Å²) in [5, 5.41) is 3.75. The molecule has 7 nitrogen and oxygen atoms in total. The molecule has 0 aliphatic carbocycles. The Labute approximate surface area is 189 Å². The van der Waals surface area contributed by atoms with Gasteiger partial charge in [-0.3, -0.25) is 4.98 Å². The summed E-state index contributed by atoms with van der Waals surface area (Å²) < 4.78 is 32.8. The molecule has 1 aromatic carbocycles. The van der Waals surface area contributed by atoms with Crippen molar-refractivity contribution in [3.8, 4) is 11.4 Å². The van der Waals surface area contributed by atoms with Crippen molar-refractivity contribution in [3.63, 3.8) is 0 Å². The van der Waals surface area contributed by atoms with Crippen LogP contribution >= 0.6 is 0 Å². The highest BCUT2D eigenvalue weighted by Gasteiger charge is 2.35. The number of ether oxygens (including phenoxy) is 1. The highest BCUT2D eigenvalue weighted by atomic mass is 19.1. The van der Waals surface area contributed by atoms with Gasteiger partial charge in [0.1, 0.15) is 34.3 Å². The second kappa shape index (κ2) is 8.31. The van der Waals surface area contributed by atoms with E-state index in [1.54, 1.807) is 46.2 Å². The van der Waals surface area contributed by atoms with E-state index in [-0.39, 0.29) is 5.82 Å². The number of benzene rings is 1. The number of nitrogens with zero attached hydrogens (tertiary/aromatic N) is 2. The number of amides is 1. The van der Waals surface area contributed by atoms with Gasteiger partial charge in [0.25, 0.3) is 0 Å². The van der Waals surface area contributed by atoms with Gasteiger partial charge >= 0.3 is 6.09 Å². The van der Waals surface area contributed by atoms with E-state index < -0.39 is 23.1 Å². The summed E-state index contributed by atoms with van der Waals surface area (Å²) in [6.07, 6.45) is 4.45. The van der Waals surface area contributed by atoms with Gasteiger partial charge in [-0.05, 0) is 57.5 Å². The molecule has 4 aromatic rings. The van der Waals surface area contributed by atoms with Crippen molar-refractivity contribution in [3.05, 3.63) is 71.9 Å². The van der Waals surface area contributed by atoms with Gasteiger partial charge in [-0.2, -0.15) is 0 Å². The number of H-pyrrole nitrogens is 2. The zero-order valence-electron chi connectivity index (χ0n) is 18.8. The van der Waals surface area contributed by atoms with E-state index in [0.717, 1.165) is 10.9 Å². The van der Waals surface area contributed by atoms with Gasteiger partial charge in [-0.1, -0.05) is 0 Å². The molecule has 3 N–H and O–H groups in total. The van der Waals surface area contributed by atoms with E-state index in [0.29, 0.717) is 29.1 Å². The van der Waals surface area contributed by atoms with Crippen LogP contribution in [-0.4, -0.2) is 31.6 Å². The van der Waals surface area contributed by atoms with Crippen LogP contribution in [-0.2, 0) is 16.7 Å². The van der Waals surface area contributed by atoms with Gasteiger partial charge < -0.3 is 20.0 Å². The summed E-state index contributed by atoms with van der Waals surface area (Å²) in [6, 6.07) is 7.03. The first-order chi connectivity index (χ1) is 15.5. The van der Waals surface area contributed by atoms with Crippen molar-refractivity contribution in [2.75, 3.05) is 0 Å². The quantitative estimate of drug-likeness (QED) is 0.386. The summed E-state index contributed by atoms with van der Waals surface area (Å²) in [6.45, 7) is 7.14. The second-order valence-corrected chi connectivity index (χ2v) is 9.13. The van der Waals surface area contributed by atoms with Crippen LogP contribution in [0.4, 0.5) is 13.6 Å². The van der Waals surface area contributed by atoms with Crippen LogP contribution < -0.4 is 5.32 Å². The summed E-state index contributed by atoms with van der Waals surface area (Å²) in [5.41, 5.74) is 0.571. The predicted molar refractivity (Wildman–Crippen MR) is 120 cm³/mol. The molecule has 1 unspecified atom stereocenters. The van der Waals surface area contributed by atoms with Crippen LogP contribution in [0.15, 0.2) is 48.9 Å². The summed E-state index contributed by atoms with van der Waals surface area (Å²) >= 11 is 0. The normalized spacial score (nSPS) is 13.6. The fourth-order valence-electron chi connectivity index (χ4n) is 3.68. The molecule has 0 saturated carbocycles. The molecule has 1 amide bonds. The number of rotatable bonds is 5. The third-order valence-corrected chi connectivity index (χ3v) is 5.14. The van der Waals surface area contributed by atoms with Gasteiger partial charge in [0, 0.05) is 42.0 Å². The molecular formula is C24H25F2N5O2. The molecule has 0 spiro atoms. The first kappa shape index (κ1) is 22.4. The number of aromatic nitrogens is 4. The number of nitrogens with one attached hydrogen (secondary N) is 3. The average molecular weight is 453 g/mol. The average Bonchev–Trinajstić information content (AvgIpc) is 3.34. The van der Waals surface area contributed by atoms with Gasteiger partial charge in [0.15, 0.2) is 0 Å². The fourth-order valence-corrected chi connectivity index (χ4v) is 3.68. The molecule has 3 heterocycles. The first-order valence-corrected chi connectivity index (χ1v) is 10.5. The van der Waals surface area contributed by atoms with E-state index in [1.165, 1.54) is 30.5 Å². The summed E-state index contributed by atoms with van der Waals surface area (Å²) in [5.74, 6) is -0.333. The fraction of sp³-hybridized carbons (Fsp3) is 0.292. The number of fused-ring (bicyclic) bond motifs is 1. The Morgan fingerprint density at radius 3 is 2.52 bits per heavy atom. The number of imidazole rings is 1. The Kier molecular flexibility index (Phi) is 5.65. The van der Waals surface area contributed by atoms with Gasteiger partial charge in [0.05, 0.1) is 5.69 Å². The molecule has 1 atom stereocenters. The minimum Gasteiger partial charge on any atom is -0.444 e. The van der Waals surface area contributed by atoms with Crippen LogP contribution in [0.5, 0.6) is 0 Å². The third-order valence-electron chi connectivity index (χ3n) is 5.14. The minimum atomic E-state index is -1.03. The first-order valence-electron chi connectivity index (χ1n) is 10.5. The number of pyridine rings is 1. The minimum absolute atomic E-state index is 0.321. The summed E-state index contributed by atoms with van der Waals surface area (Å²) in [7, 11) is 0. The maximum absolute atomic E-state index is 13.7. The molecule has 0 saturated heterocycles. The lowest BCUT2D eigenvalue weighted by Gasteiger charge is -2.30. The topological polar surface area (TPSA) is 95.7 Å². The zero-order chi connectivity index (χ0) is 23.8. The van der Waals surface area contributed by atoms with E-state index in [2.05, 4.69) is 25.3 Å². The van der Waals surface area contributed by atoms with Crippen molar-refractivity contribution in [1.29, 1.82) is 0 Å². The Balaban J connectivity index is 1.72.